The lowest BCUT2D eigenvalue weighted by Crippen LogP contribution is -2.12. The topological polar surface area (TPSA) is 45.8 Å². The Labute approximate surface area is 109 Å². The van der Waals surface area contributed by atoms with Gasteiger partial charge in [-0.05, 0) is 41.5 Å². The minimum atomic E-state index is 0.0702. The van der Waals surface area contributed by atoms with E-state index in [1.54, 1.807) is 11.3 Å². The molecule has 18 heavy (non-hydrogen) atoms. The molecule has 2 aromatic heterocycles. The van der Waals surface area contributed by atoms with Crippen LogP contribution >= 0.6 is 11.3 Å². The summed E-state index contributed by atoms with van der Waals surface area (Å²) >= 11 is 1.62. The summed E-state index contributed by atoms with van der Waals surface area (Å²) in [6.45, 7) is 4.46. The van der Waals surface area contributed by atoms with E-state index in [2.05, 4.69) is 29.2 Å². The maximum absolute atomic E-state index is 12.3. The van der Waals surface area contributed by atoms with Crippen LogP contribution in [0.3, 0.4) is 0 Å². The summed E-state index contributed by atoms with van der Waals surface area (Å²) in [5.41, 5.74) is 1.60. The van der Waals surface area contributed by atoms with Gasteiger partial charge in [0.1, 0.15) is 10.7 Å². The molecule has 2 aliphatic rings. The highest BCUT2D eigenvalue weighted by Gasteiger charge is 2.48. The Morgan fingerprint density at radius 2 is 2.17 bits per heavy atom. The first-order chi connectivity index (χ1) is 8.56. The van der Waals surface area contributed by atoms with Gasteiger partial charge >= 0.3 is 0 Å². The van der Waals surface area contributed by atoms with Crippen molar-refractivity contribution in [1.82, 2.24) is 9.97 Å². The summed E-state index contributed by atoms with van der Waals surface area (Å²) in [6.07, 6.45) is 3.58. The smallest absolute Gasteiger partial charge is 0.259 e. The highest BCUT2D eigenvalue weighted by molar-refractivity contribution is 7.16. The predicted octanol–water partition coefficient (Wildman–Crippen LogP) is 3.38. The highest BCUT2D eigenvalue weighted by atomic mass is 32.1. The zero-order valence-corrected chi connectivity index (χ0v) is 11.4. The van der Waals surface area contributed by atoms with Gasteiger partial charge in [0.25, 0.3) is 5.56 Å². The third kappa shape index (κ3) is 1.48. The molecule has 0 aliphatic heterocycles. The highest BCUT2D eigenvalue weighted by Crippen LogP contribution is 2.57. The SMILES string of the molecule is CC1(C)CC1c1nc2scc(C3CC3)c2c(=O)[nH]1. The van der Waals surface area contributed by atoms with Crippen molar-refractivity contribution in [3.05, 3.63) is 27.1 Å². The second kappa shape index (κ2) is 3.23. The quantitative estimate of drug-likeness (QED) is 0.899. The molecule has 0 aromatic carbocycles. The number of hydrogen-bond donors (Lipinski definition) is 1. The number of nitrogens with one attached hydrogen (secondary N) is 1. The number of rotatable bonds is 2. The van der Waals surface area contributed by atoms with E-state index in [1.165, 1.54) is 18.4 Å². The van der Waals surface area contributed by atoms with Gasteiger partial charge in [-0.25, -0.2) is 4.98 Å². The fourth-order valence-corrected chi connectivity index (χ4v) is 3.81. The van der Waals surface area contributed by atoms with E-state index >= 15 is 0 Å². The zero-order chi connectivity index (χ0) is 12.5. The molecule has 2 heterocycles. The second-order valence-electron chi connectivity index (χ2n) is 6.34. The Bertz CT molecular complexity index is 693. The summed E-state index contributed by atoms with van der Waals surface area (Å²) in [5.74, 6) is 1.94. The molecule has 0 amide bonds. The number of thiophene rings is 1. The lowest BCUT2D eigenvalue weighted by Gasteiger charge is -2.03. The van der Waals surface area contributed by atoms with Crippen molar-refractivity contribution in [2.45, 2.75) is 44.9 Å². The molecule has 94 valence electrons. The fraction of sp³-hybridized carbons (Fsp3) is 0.571. The van der Waals surface area contributed by atoms with Gasteiger partial charge in [-0.3, -0.25) is 4.79 Å². The van der Waals surface area contributed by atoms with E-state index in [0.29, 0.717) is 17.3 Å². The first-order valence-corrected chi connectivity index (χ1v) is 7.45. The number of aromatic amines is 1. The molecule has 1 N–H and O–H groups in total. The molecule has 2 aromatic rings. The molecular formula is C14H16N2OS. The Kier molecular flexibility index (Phi) is 1.93. The lowest BCUT2D eigenvalue weighted by atomic mass is 10.1. The number of nitrogens with zero attached hydrogens (tertiary/aromatic N) is 1. The normalized spacial score (nSPS) is 25.6. The average molecular weight is 260 g/mol. The van der Waals surface area contributed by atoms with Crippen LogP contribution in [0.25, 0.3) is 10.2 Å². The van der Waals surface area contributed by atoms with Gasteiger partial charge < -0.3 is 4.98 Å². The summed E-state index contributed by atoms with van der Waals surface area (Å²) in [4.78, 5) is 20.9. The van der Waals surface area contributed by atoms with Gasteiger partial charge in [0.05, 0.1) is 5.39 Å². The van der Waals surface area contributed by atoms with Gasteiger partial charge in [-0.1, -0.05) is 13.8 Å². The van der Waals surface area contributed by atoms with E-state index in [0.717, 1.165) is 22.5 Å². The van der Waals surface area contributed by atoms with Crippen molar-refractivity contribution in [3.8, 4) is 0 Å². The molecule has 0 bridgehead atoms. The fourth-order valence-electron chi connectivity index (χ4n) is 2.78. The lowest BCUT2D eigenvalue weighted by molar-refractivity contribution is 0.609. The molecule has 3 nitrogen and oxygen atoms in total. The Hall–Kier alpha value is -1.16. The van der Waals surface area contributed by atoms with Crippen molar-refractivity contribution in [3.63, 3.8) is 0 Å². The molecule has 2 aliphatic carbocycles. The predicted molar refractivity (Wildman–Crippen MR) is 73.4 cm³/mol. The molecule has 2 saturated carbocycles. The Morgan fingerprint density at radius 1 is 1.44 bits per heavy atom. The maximum Gasteiger partial charge on any atom is 0.259 e. The minimum absolute atomic E-state index is 0.0702. The largest absolute Gasteiger partial charge is 0.310 e. The summed E-state index contributed by atoms with van der Waals surface area (Å²) in [5, 5.41) is 2.98. The van der Waals surface area contributed by atoms with E-state index in [9.17, 15) is 4.79 Å². The first-order valence-electron chi connectivity index (χ1n) is 6.57. The zero-order valence-electron chi connectivity index (χ0n) is 10.6. The molecule has 4 rings (SSSR count). The van der Waals surface area contributed by atoms with E-state index < -0.39 is 0 Å². The molecule has 0 radical (unpaired) electrons. The molecule has 4 heteroatoms. The van der Waals surface area contributed by atoms with Gasteiger partial charge in [0.2, 0.25) is 0 Å². The van der Waals surface area contributed by atoms with Crippen molar-refractivity contribution in [2.24, 2.45) is 5.41 Å². The Balaban J connectivity index is 1.88. The monoisotopic (exact) mass is 260 g/mol. The van der Waals surface area contributed by atoms with Gasteiger partial charge in [-0.15, -0.1) is 11.3 Å². The number of aromatic nitrogens is 2. The molecule has 2 fully saturated rings. The molecular weight excluding hydrogens is 244 g/mol. The third-order valence-electron chi connectivity index (χ3n) is 4.35. The van der Waals surface area contributed by atoms with Crippen molar-refractivity contribution < 1.29 is 0 Å². The van der Waals surface area contributed by atoms with E-state index in [-0.39, 0.29) is 5.56 Å². The van der Waals surface area contributed by atoms with Crippen LogP contribution in [-0.2, 0) is 0 Å². The summed E-state index contributed by atoms with van der Waals surface area (Å²) in [6, 6.07) is 0. The summed E-state index contributed by atoms with van der Waals surface area (Å²) < 4.78 is 0. The van der Waals surface area contributed by atoms with Crippen LogP contribution in [0.4, 0.5) is 0 Å². The average Bonchev–Trinajstić information content (AvgIpc) is 3.19. The molecule has 1 atom stereocenters. The maximum atomic E-state index is 12.3. The van der Waals surface area contributed by atoms with Gasteiger partial charge in [0.15, 0.2) is 0 Å². The number of hydrogen-bond acceptors (Lipinski definition) is 3. The Morgan fingerprint density at radius 3 is 2.78 bits per heavy atom. The first kappa shape index (κ1) is 10.7. The van der Waals surface area contributed by atoms with E-state index in [1.807, 2.05) is 0 Å². The standard InChI is InChI=1S/C14H16N2OS/c1-14(2)5-9(14)11-15-12(17)10-8(7-3-4-7)6-18-13(10)16-11/h6-7,9H,3-5H2,1-2H3,(H,15,16,17). The molecule has 1 unspecified atom stereocenters. The summed E-state index contributed by atoms with van der Waals surface area (Å²) in [7, 11) is 0. The van der Waals surface area contributed by atoms with Crippen molar-refractivity contribution in [2.75, 3.05) is 0 Å². The second-order valence-corrected chi connectivity index (χ2v) is 7.20. The van der Waals surface area contributed by atoms with Crippen LogP contribution in [0.2, 0.25) is 0 Å². The van der Waals surface area contributed by atoms with Gasteiger partial charge in [-0.2, -0.15) is 0 Å². The van der Waals surface area contributed by atoms with Crippen molar-refractivity contribution >= 4 is 21.6 Å². The molecule has 0 spiro atoms. The minimum Gasteiger partial charge on any atom is -0.310 e. The van der Waals surface area contributed by atoms with Crippen LogP contribution in [-0.4, -0.2) is 9.97 Å². The van der Waals surface area contributed by atoms with Crippen LogP contribution in [0.1, 0.15) is 56.3 Å². The number of fused-ring (bicyclic) bond motifs is 1. The van der Waals surface area contributed by atoms with Gasteiger partial charge in [0, 0.05) is 5.92 Å². The van der Waals surface area contributed by atoms with E-state index in [4.69, 9.17) is 0 Å². The van der Waals surface area contributed by atoms with Crippen LogP contribution in [0.5, 0.6) is 0 Å². The number of H-pyrrole nitrogens is 1. The van der Waals surface area contributed by atoms with Crippen LogP contribution in [0, 0.1) is 5.41 Å². The molecule has 0 saturated heterocycles. The third-order valence-corrected chi connectivity index (χ3v) is 5.24. The van der Waals surface area contributed by atoms with Crippen LogP contribution in [0.15, 0.2) is 10.2 Å². The van der Waals surface area contributed by atoms with Crippen molar-refractivity contribution in [1.29, 1.82) is 0 Å². The van der Waals surface area contributed by atoms with Crippen LogP contribution < -0.4 is 5.56 Å².